The zero-order valence-electron chi connectivity index (χ0n) is 14.3. The van der Waals surface area contributed by atoms with E-state index in [0.29, 0.717) is 17.4 Å². The summed E-state index contributed by atoms with van der Waals surface area (Å²) in [5, 5.41) is 11.3. The van der Waals surface area contributed by atoms with Crippen molar-refractivity contribution >= 4 is 0 Å². The van der Waals surface area contributed by atoms with Crippen LogP contribution in [0.15, 0.2) is 59.1 Å². The SMILES string of the molecule is COc1ccc(-c2cc(-c3nc(-c4ccc(OC)cc4)no3)[nH]n2)cc1. The van der Waals surface area contributed by atoms with Crippen LogP contribution in [0.25, 0.3) is 34.2 Å². The highest BCUT2D eigenvalue weighted by Gasteiger charge is 2.14. The maximum atomic E-state index is 5.36. The largest absolute Gasteiger partial charge is 0.497 e. The number of ether oxygens (including phenoxy) is 2. The van der Waals surface area contributed by atoms with E-state index >= 15 is 0 Å². The first-order valence-electron chi connectivity index (χ1n) is 7.95. The van der Waals surface area contributed by atoms with Gasteiger partial charge in [0.2, 0.25) is 5.82 Å². The van der Waals surface area contributed by atoms with Gasteiger partial charge < -0.3 is 14.0 Å². The molecule has 0 atom stereocenters. The molecule has 0 aliphatic heterocycles. The average molecular weight is 348 g/mol. The van der Waals surface area contributed by atoms with E-state index in [4.69, 9.17) is 14.0 Å². The first kappa shape index (κ1) is 15.9. The van der Waals surface area contributed by atoms with Crippen LogP contribution < -0.4 is 9.47 Å². The maximum Gasteiger partial charge on any atom is 0.276 e. The van der Waals surface area contributed by atoms with Gasteiger partial charge in [0.25, 0.3) is 5.89 Å². The fourth-order valence-corrected chi connectivity index (χ4v) is 2.53. The second-order valence-electron chi connectivity index (χ2n) is 5.55. The molecule has 4 rings (SSSR count). The maximum absolute atomic E-state index is 5.36. The molecule has 0 aliphatic carbocycles. The Morgan fingerprint density at radius 2 is 1.46 bits per heavy atom. The zero-order valence-corrected chi connectivity index (χ0v) is 14.3. The smallest absolute Gasteiger partial charge is 0.276 e. The summed E-state index contributed by atoms with van der Waals surface area (Å²) in [6.45, 7) is 0. The monoisotopic (exact) mass is 348 g/mol. The number of hydrogen-bond acceptors (Lipinski definition) is 6. The number of benzene rings is 2. The Labute approximate surface area is 149 Å². The van der Waals surface area contributed by atoms with Crippen LogP contribution in [0.5, 0.6) is 11.5 Å². The number of nitrogens with zero attached hydrogens (tertiary/aromatic N) is 3. The summed E-state index contributed by atoms with van der Waals surface area (Å²) in [5.74, 6) is 2.45. The fourth-order valence-electron chi connectivity index (χ4n) is 2.53. The molecule has 1 N–H and O–H groups in total. The third-order valence-electron chi connectivity index (χ3n) is 3.97. The zero-order chi connectivity index (χ0) is 17.9. The number of methoxy groups -OCH3 is 2. The first-order valence-corrected chi connectivity index (χ1v) is 7.95. The lowest BCUT2D eigenvalue weighted by Crippen LogP contribution is -1.84. The second-order valence-corrected chi connectivity index (χ2v) is 5.55. The molecule has 0 aliphatic rings. The van der Waals surface area contributed by atoms with Gasteiger partial charge in [-0.15, -0.1) is 0 Å². The fraction of sp³-hybridized carbons (Fsp3) is 0.105. The Balaban J connectivity index is 1.58. The van der Waals surface area contributed by atoms with Crippen LogP contribution in [0.4, 0.5) is 0 Å². The summed E-state index contributed by atoms with van der Waals surface area (Å²) in [7, 11) is 3.26. The van der Waals surface area contributed by atoms with Gasteiger partial charge in [0.15, 0.2) is 0 Å². The Bertz CT molecular complexity index is 920. The Morgan fingerprint density at radius 3 is 2.08 bits per heavy atom. The number of rotatable bonds is 5. The standard InChI is InChI=1S/C19H16N4O3/c1-24-14-7-3-12(4-8-14)16-11-17(22-21-16)19-20-18(23-26-19)13-5-9-15(25-2)10-6-13/h3-11H,1-2H3,(H,21,22). The van der Waals surface area contributed by atoms with Crippen molar-refractivity contribution in [2.45, 2.75) is 0 Å². The highest BCUT2D eigenvalue weighted by molar-refractivity contribution is 5.66. The molecule has 0 bridgehead atoms. The lowest BCUT2D eigenvalue weighted by molar-refractivity contribution is 0.414. The molecular weight excluding hydrogens is 332 g/mol. The predicted octanol–water partition coefficient (Wildman–Crippen LogP) is 3.81. The van der Waals surface area contributed by atoms with Crippen molar-refractivity contribution in [1.82, 2.24) is 20.3 Å². The Hall–Kier alpha value is -3.61. The van der Waals surface area contributed by atoms with E-state index in [2.05, 4.69) is 20.3 Å². The summed E-state index contributed by atoms with van der Waals surface area (Å²) >= 11 is 0. The topological polar surface area (TPSA) is 86.1 Å². The van der Waals surface area contributed by atoms with Crippen LogP contribution in [0, 0.1) is 0 Å². The number of nitrogens with one attached hydrogen (secondary N) is 1. The van der Waals surface area contributed by atoms with Gasteiger partial charge in [-0.05, 0) is 54.6 Å². The molecule has 0 saturated carbocycles. The van der Waals surface area contributed by atoms with E-state index in [1.165, 1.54) is 0 Å². The summed E-state index contributed by atoms with van der Waals surface area (Å²) < 4.78 is 15.7. The van der Waals surface area contributed by atoms with Gasteiger partial charge in [0, 0.05) is 11.1 Å². The van der Waals surface area contributed by atoms with Crippen molar-refractivity contribution in [3.05, 3.63) is 54.6 Å². The molecule has 0 saturated heterocycles. The van der Waals surface area contributed by atoms with E-state index in [0.717, 1.165) is 28.3 Å². The van der Waals surface area contributed by atoms with E-state index in [9.17, 15) is 0 Å². The third kappa shape index (κ3) is 3.02. The highest BCUT2D eigenvalue weighted by atomic mass is 16.5. The lowest BCUT2D eigenvalue weighted by Gasteiger charge is -1.99. The molecule has 0 amide bonds. The average Bonchev–Trinajstić information content (AvgIpc) is 3.38. The molecule has 0 radical (unpaired) electrons. The van der Waals surface area contributed by atoms with Crippen LogP contribution in [0.2, 0.25) is 0 Å². The van der Waals surface area contributed by atoms with Crippen LogP contribution in [0.1, 0.15) is 0 Å². The van der Waals surface area contributed by atoms with E-state index in [-0.39, 0.29) is 0 Å². The molecule has 7 heteroatoms. The molecule has 26 heavy (non-hydrogen) atoms. The third-order valence-corrected chi connectivity index (χ3v) is 3.97. The minimum atomic E-state index is 0.378. The minimum Gasteiger partial charge on any atom is -0.497 e. The second kappa shape index (κ2) is 6.72. The lowest BCUT2D eigenvalue weighted by atomic mass is 10.1. The molecule has 7 nitrogen and oxygen atoms in total. The van der Waals surface area contributed by atoms with Crippen LogP contribution in [-0.2, 0) is 0 Å². The van der Waals surface area contributed by atoms with Gasteiger partial charge >= 0.3 is 0 Å². The van der Waals surface area contributed by atoms with E-state index in [1.807, 2.05) is 54.6 Å². The van der Waals surface area contributed by atoms with E-state index < -0.39 is 0 Å². The molecule has 0 fully saturated rings. The van der Waals surface area contributed by atoms with E-state index in [1.54, 1.807) is 14.2 Å². The van der Waals surface area contributed by atoms with Crippen molar-refractivity contribution in [3.8, 4) is 45.7 Å². The van der Waals surface area contributed by atoms with Crippen molar-refractivity contribution < 1.29 is 14.0 Å². The van der Waals surface area contributed by atoms with Gasteiger partial charge in [-0.1, -0.05) is 5.16 Å². The first-order chi connectivity index (χ1) is 12.8. The summed E-state index contributed by atoms with van der Waals surface area (Å²) in [6.07, 6.45) is 0. The van der Waals surface area contributed by atoms with Crippen molar-refractivity contribution in [2.24, 2.45) is 0 Å². The van der Waals surface area contributed by atoms with Gasteiger partial charge in [-0.2, -0.15) is 10.1 Å². The summed E-state index contributed by atoms with van der Waals surface area (Å²) in [5.41, 5.74) is 3.24. The molecule has 0 unspecified atom stereocenters. The molecular formula is C19H16N4O3. The van der Waals surface area contributed by atoms with Gasteiger partial charge in [-0.3, -0.25) is 5.10 Å². The number of aromatic nitrogens is 4. The molecule has 4 aromatic rings. The Kier molecular flexibility index (Phi) is 4.10. The van der Waals surface area contributed by atoms with Crippen molar-refractivity contribution in [2.75, 3.05) is 14.2 Å². The number of aromatic amines is 1. The Morgan fingerprint density at radius 1 is 0.846 bits per heavy atom. The molecule has 130 valence electrons. The molecule has 2 aromatic carbocycles. The number of H-pyrrole nitrogens is 1. The van der Waals surface area contributed by atoms with Gasteiger partial charge in [0.1, 0.15) is 17.2 Å². The summed E-state index contributed by atoms with van der Waals surface area (Å²) in [4.78, 5) is 4.43. The summed E-state index contributed by atoms with van der Waals surface area (Å²) in [6, 6.07) is 17.0. The van der Waals surface area contributed by atoms with Crippen molar-refractivity contribution in [3.63, 3.8) is 0 Å². The van der Waals surface area contributed by atoms with Crippen LogP contribution in [0.3, 0.4) is 0 Å². The molecule has 2 aromatic heterocycles. The minimum absolute atomic E-state index is 0.378. The molecule has 2 heterocycles. The quantitative estimate of drug-likeness (QED) is 0.590. The van der Waals surface area contributed by atoms with Gasteiger partial charge in [-0.25, -0.2) is 0 Å². The number of hydrogen-bond donors (Lipinski definition) is 1. The van der Waals surface area contributed by atoms with Crippen LogP contribution >= 0.6 is 0 Å². The normalized spacial score (nSPS) is 10.7. The highest BCUT2D eigenvalue weighted by Crippen LogP contribution is 2.26. The molecule has 0 spiro atoms. The van der Waals surface area contributed by atoms with Crippen molar-refractivity contribution in [1.29, 1.82) is 0 Å². The van der Waals surface area contributed by atoms with Crippen LogP contribution in [-0.4, -0.2) is 34.6 Å². The predicted molar refractivity (Wildman–Crippen MR) is 95.9 cm³/mol. The van der Waals surface area contributed by atoms with Gasteiger partial charge in [0.05, 0.1) is 19.9 Å².